The van der Waals surface area contributed by atoms with Crippen LogP contribution in [0.3, 0.4) is 0 Å². The Morgan fingerprint density at radius 2 is 1.28 bits per heavy atom. The fourth-order valence-electron chi connectivity index (χ4n) is 2.17. The third kappa shape index (κ3) is 11.0. The number of hydrogen-bond donors (Lipinski definition) is 3. The molecule has 0 fully saturated rings. The second-order valence-corrected chi connectivity index (χ2v) is 5.28. The summed E-state index contributed by atoms with van der Waals surface area (Å²) in [5.41, 5.74) is 11.3. The zero-order chi connectivity index (χ0) is 13.6. The fourth-order valence-corrected chi connectivity index (χ4v) is 2.17. The number of rotatable bonds is 13. The van der Waals surface area contributed by atoms with Crippen LogP contribution in [0.25, 0.3) is 0 Å². The first-order valence-electron chi connectivity index (χ1n) is 7.65. The van der Waals surface area contributed by atoms with Crippen molar-refractivity contribution in [3.05, 3.63) is 6.92 Å². The van der Waals surface area contributed by atoms with E-state index < -0.39 is 6.10 Å². The highest BCUT2D eigenvalue weighted by Gasteiger charge is 2.11. The van der Waals surface area contributed by atoms with Gasteiger partial charge in [0.15, 0.2) is 0 Å². The summed E-state index contributed by atoms with van der Waals surface area (Å²) < 4.78 is 0. The standard InChI is InChI=1S/C15H33N2O/c1-2-15(18)14(17)12-10-8-6-4-3-5-7-9-11-13-16/h14-15,18H,1-13,16-17H2. The second kappa shape index (κ2) is 13.3. The molecule has 5 N–H and O–H groups in total. The molecular weight excluding hydrogens is 224 g/mol. The van der Waals surface area contributed by atoms with E-state index in [9.17, 15) is 5.11 Å². The Hall–Kier alpha value is -0.120. The maximum absolute atomic E-state index is 9.47. The number of unbranched alkanes of at least 4 members (excludes halogenated alkanes) is 8. The molecule has 0 aliphatic carbocycles. The van der Waals surface area contributed by atoms with E-state index in [4.69, 9.17) is 11.5 Å². The molecule has 18 heavy (non-hydrogen) atoms. The van der Waals surface area contributed by atoms with Gasteiger partial charge >= 0.3 is 0 Å². The molecular formula is C15H33N2O. The normalized spacial score (nSPS) is 14.7. The molecule has 0 saturated carbocycles. The van der Waals surface area contributed by atoms with Gasteiger partial charge in [0.1, 0.15) is 0 Å². The summed E-state index contributed by atoms with van der Waals surface area (Å²) in [6.45, 7) is 4.50. The second-order valence-electron chi connectivity index (χ2n) is 5.28. The Bertz CT molecular complexity index is 165. The minimum atomic E-state index is -0.424. The van der Waals surface area contributed by atoms with Gasteiger partial charge in [-0.3, -0.25) is 0 Å². The average molecular weight is 257 g/mol. The van der Waals surface area contributed by atoms with Crippen molar-refractivity contribution in [2.24, 2.45) is 11.5 Å². The molecule has 0 heterocycles. The van der Waals surface area contributed by atoms with Gasteiger partial charge in [0.05, 0.1) is 6.10 Å². The molecule has 0 aromatic rings. The summed E-state index contributed by atoms with van der Waals surface area (Å²) in [7, 11) is 0. The molecule has 0 aromatic carbocycles. The van der Waals surface area contributed by atoms with Crippen molar-refractivity contribution in [3.8, 4) is 0 Å². The lowest BCUT2D eigenvalue weighted by atomic mass is 10.0. The van der Waals surface area contributed by atoms with Crippen LogP contribution >= 0.6 is 0 Å². The lowest BCUT2D eigenvalue weighted by Gasteiger charge is -2.16. The highest BCUT2D eigenvalue weighted by Crippen LogP contribution is 2.12. The highest BCUT2D eigenvalue weighted by atomic mass is 16.3. The topological polar surface area (TPSA) is 72.3 Å². The third-order valence-electron chi connectivity index (χ3n) is 3.53. The van der Waals surface area contributed by atoms with Crippen molar-refractivity contribution in [1.82, 2.24) is 0 Å². The van der Waals surface area contributed by atoms with Crippen molar-refractivity contribution in [1.29, 1.82) is 0 Å². The predicted molar refractivity (Wildman–Crippen MR) is 79.2 cm³/mol. The monoisotopic (exact) mass is 257 g/mol. The zero-order valence-corrected chi connectivity index (χ0v) is 11.9. The van der Waals surface area contributed by atoms with Crippen LogP contribution in [-0.2, 0) is 0 Å². The van der Waals surface area contributed by atoms with Gasteiger partial charge in [-0.25, -0.2) is 0 Å². The van der Waals surface area contributed by atoms with Crippen LogP contribution in [0.1, 0.15) is 70.6 Å². The quantitative estimate of drug-likeness (QED) is 0.444. The van der Waals surface area contributed by atoms with Crippen LogP contribution in [0.2, 0.25) is 0 Å². The summed E-state index contributed by atoms with van der Waals surface area (Å²) in [5.74, 6) is 0. The van der Waals surface area contributed by atoms with Crippen molar-refractivity contribution < 1.29 is 5.11 Å². The average Bonchev–Trinajstić information content (AvgIpc) is 2.39. The number of hydrogen-bond acceptors (Lipinski definition) is 3. The Labute approximate surface area is 113 Å². The maximum Gasteiger partial charge on any atom is 0.0691 e. The fraction of sp³-hybridized carbons (Fsp3) is 0.933. The highest BCUT2D eigenvalue weighted by molar-refractivity contribution is 4.72. The lowest BCUT2D eigenvalue weighted by molar-refractivity contribution is 0.141. The molecule has 2 atom stereocenters. The molecule has 1 radical (unpaired) electrons. The Morgan fingerprint density at radius 3 is 1.72 bits per heavy atom. The summed E-state index contributed by atoms with van der Waals surface area (Å²) in [4.78, 5) is 0. The largest absolute Gasteiger partial charge is 0.392 e. The van der Waals surface area contributed by atoms with Crippen LogP contribution < -0.4 is 11.5 Å². The van der Waals surface area contributed by atoms with Gasteiger partial charge < -0.3 is 16.6 Å². The van der Waals surface area contributed by atoms with Gasteiger partial charge in [-0.2, -0.15) is 0 Å². The van der Waals surface area contributed by atoms with Crippen LogP contribution in [0.5, 0.6) is 0 Å². The summed E-state index contributed by atoms with van der Waals surface area (Å²) in [6, 6.07) is -0.0845. The van der Waals surface area contributed by atoms with E-state index in [-0.39, 0.29) is 6.04 Å². The molecule has 0 aliphatic rings. The molecule has 2 unspecified atom stereocenters. The molecule has 0 spiro atoms. The molecule has 0 aromatic heterocycles. The van der Waals surface area contributed by atoms with Crippen LogP contribution in [-0.4, -0.2) is 23.8 Å². The first kappa shape index (κ1) is 17.9. The van der Waals surface area contributed by atoms with E-state index in [1.807, 2.05) is 0 Å². The summed E-state index contributed by atoms with van der Waals surface area (Å²) in [5, 5.41) is 9.47. The molecule has 3 nitrogen and oxygen atoms in total. The van der Waals surface area contributed by atoms with Crippen LogP contribution in [0.4, 0.5) is 0 Å². The Morgan fingerprint density at radius 1 is 0.833 bits per heavy atom. The van der Waals surface area contributed by atoms with Gasteiger partial charge in [0, 0.05) is 6.04 Å². The molecule has 3 heteroatoms. The number of aliphatic hydroxyl groups excluding tert-OH is 1. The third-order valence-corrected chi connectivity index (χ3v) is 3.53. The van der Waals surface area contributed by atoms with E-state index >= 15 is 0 Å². The van der Waals surface area contributed by atoms with Gasteiger partial charge in [0.2, 0.25) is 0 Å². The first-order chi connectivity index (χ1) is 8.72. The Balaban J connectivity index is 3.11. The summed E-state index contributed by atoms with van der Waals surface area (Å²) >= 11 is 0. The summed E-state index contributed by atoms with van der Waals surface area (Å²) in [6.07, 6.45) is 12.5. The minimum absolute atomic E-state index is 0.0845. The van der Waals surface area contributed by atoms with E-state index in [0.29, 0.717) is 6.42 Å². The van der Waals surface area contributed by atoms with Crippen molar-refractivity contribution in [2.45, 2.75) is 82.8 Å². The van der Waals surface area contributed by atoms with E-state index in [1.54, 1.807) is 0 Å². The minimum Gasteiger partial charge on any atom is -0.392 e. The molecule has 109 valence electrons. The maximum atomic E-state index is 9.47. The van der Waals surface area contributed by atoms with Gasteiger partial charge in [0.25, 0.3) is 0 Å². The SMILES string of the molecule is [CH2]CC(O)C(N)CCCCCCCCCCCN. The molecule has 0 rings (SSSR count). The first-order valence-corrected chi connectivity index (χ1v) is 7.65. The molecule has 0 aliphatic heterocycles. The zero-order valence-electron chi connectivity index (χ0n) is 11.9. The molecule has 0 saturated heterocycles. The Kier molecular flexibility index (Phi) is 13.2. The van der Waals surface area contributed by atoms with Gasteiger partial charge in [-0.05, 0) is 25.8 Å². The smallest absolute Gasteiger partial charge is 0.0691 e. The van der Waals surface area contributed by atoms with Gasteiger partial charge in [-0.1, -0.05) is 58.3 Å². The van der Waals surface area contributed by atoms with Crippen molar-refractivity contribution in [2.75, 3.05) is 6.54 Å². The van der Waals surface area contributed by atoms with E-state index in [2.05, 4.69) is 6.92 Å². The van der Waals surface area contributed by atoms with E-state index in [1.165, 1.54) is 51.4 Å². The lowest BCUT2D eigenvalue weighted by Crippen LogP contribution is -2.33. The predicted octanol–water partition coefficient (Wildman–Crippen LogP) is 2.76. The van der Waals surface area contributed by atoms with Crippen molar-refractivity contribution in [3.63, 3.8) is 0 Å². The van der Waals surface area contributed by atoms with E-state index in [0.717, 1.165) is 19.4 Å². The van der Waals surface area contributed by atoms with Crippen molar-refractivity contribution >= 4 is 0 Å². The molecule has 0 amide bonds. The van der Waals surface area contributed by atoms with Gasteiger partial charge in [-0.15, -0.1) is 0 Å². The number of aliphatic hydroxyl groups is 1. The molecule has 0 bridgehead atoms. The van der Waals surface area contributed by atoms with Crippen LogP contribution in [0, 0.1) is 6.92 Å². The number of nitrogens with two attached hydrogens (primary N) is 2. The van der Waals surface area contributed by atoms with Crippen LogP contribution in [0.15, 0.2) is 0 Å².